The van der Waals surface area contributed by atoms with Gasteiger partial charge in [-0.1, -0.05) is 12.1 Å². The van der Waals surface area contributed by atoms with Gasteiger partial charge in [0.15, 0.2) is 17.3 Å². The molecule has 14 heteroatoms. The van der Waals surface area contributed by atoms with Crippen LogP contribution >= 0.6 is 0 Å². The number of aromatic nitrogens is 3. The number of likely N-dealkylation sites (N-methyl/N-ethyl adjacent to an activating group) is 1. The van der Waals surface area contributed by atoms with Crippen molar-refractivity contribution in [1.82, 2.24) is 19.4 Å². The first kappa shape index (κ1) is 34.1. The number of anilines is 1. The van der Waals surface area contributed by atoms with Crippen LogP contribution in [0.4, 0.5) is 14.5 Å². The van der Waals surface area contributed by atoms with Gasteiger partial charge in [-0.2, -0.15) is 0 Å². The summed E-state index contributed by atoms with van der Waals surface area (Å²) in [5.74, 6) is -1.88. The molecule has 0 unspecified atom stereocenters. The van der Waals surface area contributed by atoms with E-state index in [-0.39, 0.29) is 48.6 Å². The largest absolute Gasteiger partial charge is 0.452 e. The van der Waals surface area contributed by atoms with E-state index in [0.29, 0.717) is 29.7 Å². The zero-order valence-electron chi connectivity index (χ0n) is 25.0. The molecule has 3 amide bonds. The summed E-state index contributed by atoms with van der Waals surface area (Å²) in [6.45, 7) is 0.0896. The summed E-state index contributed by atoms with van der Waals surface area (Å²) in [6, 6.07) is 11.2. The molecule has 12 nitrogen and oxygen atoms in total. The predicted octanol–water partition coefficient (Wildman–Crippen LogP) is 3.71. The Balaban J connectivity index is 0.000000838. The number of carbonyl (C=O) groups is 3. The van der Waals surface area contributed by atoms with Crippen LogP contribution in [0.15, 0.2) is 71.7 Å². The Morgan fingerprint density at radius 3 is 2.56 bits per heavy atom. The maximum atomic E-state index is 14.1. The molecule has 45 heavy (non-hydrogen) atoms. The van der Waals surface area contributed by atoms with Crippen LogP contribution in [0.1, 0.15) is 25.1 Å². The number of ether oxygens (including phenoxy) is 2. The lowest BCUT2D eigenvalue weighted by molar-refractivity contribution is -0.123. The van der Waals surface area contributed by atoms with E-state index in [1.807, 2.05) is 0 Å². The third kappa shape index (κ3) is 10.4. The molecule has 4 N–H and O–H groups in total. The smallest absolute Gasteiger partial charge is 0.274 e. The van der Waals surface area contributed by atoms with Gasteiger partial charge in [-0.25, -0.2) is 13.8 Å². The average Bonchev–Trinajstić information content (AvgIpc) is 3.40. The minimum absolute atomic E-state index is 0.0139. The van der Waals surface area contributed by atoms with E-state index in [1.165, 1.54) is 34.8 Å². The van der Waals surface area contributed by atoms with Crippen LogP contribution in [0.2, 0.25) is 0 Å². The SMILES string of the molecule is CN(C)C(=O)/C=C/CCCC(=O)Nc1cccn(Cc2nc3c(Oc4ccc(F)cc4F)cccc3[nH]2)c1=O.COCC(N)=O. The molecule has 0 atom stereocenters. The van der Waals surface area contributed by atoms with Crippen molar-refractivity contribution in [3.8, 4) is 11.5 Å². The molecule has 0 radical (unpaired) electrons. The molecular formula is C31H34F2N6O6. The number of hydrogen-bond donors (Lipinski definition) is 3. The van der Waals surface area contributed by atoms with Crippen molar-refractivity contribution in [3.05, 3.63) is 94.7 Å². The molecule has 0 aliphatic heterocycles. The number of primary amides is 1. The Morgan fingerprint density at radius 2 is 1.89 bits per heavy atom. The monoisotopic (exact) mass is 624 g/mol. The Hall–Kier alpha value is -5.37. The summed E-state index contributed by atoms with van der Waals surface area (Å²) in [5, 5.41) is 2.64. The number of H-pyrrole nitrogens is 1. The molecule has 238 valence electrons. The number of halogens is 2. The molecule has 0 bridgehead atoms. The predicted molar refractivity (Wildman–Crippen MR) is 164 cm³/mol. The maximum Gasteiger partial charge on any atom is 0.274 e. The number of methoxy groups -OCH3 is 1. The van der Waals surface area contributed by atoms with E-state index in [0.717, 1.165) is 12.1 Å². The standard InChI is InChI=1S/C28H27F2N5O4.C3H7NO2/c1-34(2)26(37)12-5-3-4-11-25(36)32-21-9-7-15-35(28(21)38)17-24-31-20-8-6-10-23(27(20)33-24)39-22-14-13-18(29)16-19(22)30;1-6-2-3(4)5/h5-10,12-16H,3-4,11,17H2,1-2H3,(H,31,33)(H,32,36);2H2,1H3,(H2,4,5)/b12-5+;. The maximum absolute atomic E-state index is 14.1. The Bertz CT molecular complexity index is 1730. The van der Waals surface area contributed by atoms with Crippen LogP contribution in [-0.2, 0) is 25.7 Å². The normalized spacial score (nSPS) is 10.8. The van der Waals surface area contributed by atoms with Crippen LogP contribution < -0.4 is 21.3 Å². The third-order valence-electron chi connectivity index (χ3n) is 6.02. The van der Waals surface area contributed by atoms with E-state index >= 15 is 0 Å². The Morgan fingerprint density at radius 1 is 1.11 bits per heavy atom. The molecule has 0 saturated heterocycles. The summed E-state index contributed by atoms with van der Waals surface area (Å²) in [7, 11) is 4.74. The number of nitrogens with one attached hydrogen (secondary N) is 2. The summed E-state index contributed by atoms with van der Waals surface area (Å²) >= 11 is 0. The second-order valence-electron chi connectivity index (χ2n) is 9.84. The number of fused-ring (bicyclic) bond motifs is 1. The van der Waals surface area contributed by atoms with Crippen molar-refractivity contribution in [2.45, 2.75) is 25.8 Å². The van der Waals surface area contributed by atoms with E-state index in [9.17, 15) is 28.0 Å². The van der Waals surface area contributed by atoms with Crippen molar-refractivity contribution in [1.29, 1.82) is 0 Å². The Labute approximate surface area is 257 Å². The van der Waals surface area contributed by atoms with Gasteiger partial charge in [0.2, 0.25) is 17.7 Å². The number of imidazole rings is 1. The molecule has 0 spiro atoms. The quantitative estimate of drug-likeness (QED) is 0.160. The fourth-order valence-electron chi connectivity index (χ4n) is 3.88. The highest BCUT2D eigenvalue weighted by Crippen LogP contribution is 2.30. The van der Waals surface area contributed by atoms with Crippen LogP contribution in [0.3, 0.4) is 0 Å². The average molecular weight is 625 g/mol. The molecule has 0 aliphatic carbocycles. The minimum Gasteiger partial charge on any atom is -0.452 e. The summed E-state index contributed by atoms with van der Waals surface area (Å²) in [4.78, 5) is 55.6. The molecule has 2 heterocycles. The van der Waals surface area contributed by atoms with Crippen molar-refractivity contribution in [3.63, 3.8) is 0 Å². The fraction of sp³-hybridized carbons (Fsp3) is 0.258. The highest BCUT2D eigenvalue weighted by atomic mass is 19.1. The van der Waals surface area contributed by atoms with Crippen LogP contribution in [0.5, 0.6) is 11.5 Å². The first-order chi connectivity index (χ1) is 21.5. The van der Waals surface area contributed by atoms with Gasteiger partial charge in [0.1, 0.15) is 29.5 Å². The molecule has 2 aromatic carbocycles. The minimum atomic E-state index is -0.843. The van der Waals surface area contributed by atoms with Gasteiger partial charge in [-0.15, -0.1) is 0 Å². The second-order valence-corrected chi connectivity index (χ2v) is 9.84. The van der Waals surface area contributed by atoms with E-state index in [4.69, 9.17) is 4.74 Å². The lowest BCUT2D eigenvalue weighted by Gasteiger charge is -2.08. The number of aromatic amines is 1. The molecular weight excluding hydrogens is 590 g/mol. The van der Waals surface area contributed by atoms with Crippen LogP contribution in [0, 0.1) is 11.6 Å². The number of nitrogens with two attached hydrogens (primary N) is 1. The van der Waals surface area contributed by atoms with Crippen molar-refractivity contribution in [2.75, 3.05) is 33.1 Å². The third-order valence-corrected chi connectivity index (χ3v) is 6.02. The molecule has 4 rings (SSSR count). The molecule has 0 aliphatic rings. The summed E-state index contributed by atoms with van der Waals surface area (Å²) in [5.41, 5.74) is 5.37. The number of hydrogen-bond acceptors (Lipinski definition) is 7. The highest BCUT2D eigenvalue weighted by molar-refractivity contribution is 5.90. The first-order valence-electron chi connectivity index (χ1n) is 13.7. The van der Waals surface area contributed by atoms with Crippen molar-refractivity contribution >= 4 is 34.4 Å². The van der Waals surface area contributed by atoms with E-state index in [2.05, 4.69) is 25.8 Å². The van der Waals surface area contributed by atoms with Gasteiger partial charge in [-0.05, 0) is 55.3 Å². The van der Waals surface area contributed by atoms with E-state index < -0.39 is 23.1 Å². The molecule has 2 aromatic heterocycles. The number of pyridine rings is 1. The zero-order valence-corrected chi connectivity index (χ0v) is 25.0. The lowest BCUT2D eigenvalue weighted by atomic mass is 10.2. The molecule has 0 fully saturated rings. The Kier molecular flexibility index (Phi) is 12.5. The van der Waals surface area contributed by atoms with Gasteiger partial charge < -0.3 is 35.0 Å². The summed E-state index contributed by atoms with van der Waals surface area (Å²) < 4.78 is 38.7. The van der Waals surface area contributed by atoms with Crippen molar-refractivity contribution in [2.24, 2.45) is 5.73 Å². The number of benzene rings is 2. The first-order valence-corrected chi connectivity index (χ1v) is 13.7. The van der Waals surface area contributed by atoms with Crippen LogP contribution in [-0.4, -0.2) is 65.0 Å². The van der Waals surface area contributed by atoms with Gasteiger partial charge >= 0.3 is 0 Å². The van der Waals surface area contributed by atoms with Crippen molar-refractivity contribution < 1.29 is 32.6 Å². The van der Waals surface area contributed by atoms with Gasteiger partial charge in [-0.3, -0.25) is 19.2 Å². The summed E-state index contributed by atoms with van der Waals surface area (Å²) in [6.07, 6.45) is 6.01. The number of amides is 3. The number of unbranched alkanes of at least 4 members (excludes halogenated alkanes) is 1. The topological polar surface area (TPSA) is 162 Å². The number of allylic oxidation sites excluding steroid dienone is 1. The van der Waals surface area contributed by atoms with Gasteiger partial charge in [0, 0.05) is 39.9 Å². The highest BCUT2D eigenvalue weighted by Gasteiger charge is 2.14. The lowest BCUT2D eigenvalue weighted by Crippen LogP contribution is -2.26. The van der Waals surface area contributed by atoms with Gasteiger partial charge in [0.25, 0.3) is 5.56 Å². The number of carbonyl (C=O) groups excluding carboxylic acids is 3. The van der Waals surface area contributed by atoms with E-state index in [1.54, 1.807) is 50.6 Å². The molecule has 4 aromatic rings. The number of rotatable bonds is 12. The second kappa shape index (κ2) is 16.5. The number of para-hydroxylation sites is 1. The van der Waals surface area contributed by atoms with Gasteiger partial charge in [0.05, 0.1) is 12.1 Å². The van der Waals surface area contributed by atoms with Crippen LogP contribution in [0.25, 0.3) is 11.0 Å². The fourth-order valence-corrected chi connectivity index (χ4v) is 3.88. The number of nitrogens with zero attached hydrogens (tertiary/aromatic N) is 3. The zero-order chi connectivity index (χ0) is 32.9. The molecule has 0 saturated carbocycles.